The van der Waals surface area contributed by atoms with Gasteiger partial charge in [0, 0.05) is 0 Å². The molecule has 0 atom stereocenters. The van der Waals surface area contributed by atoms with Crippen LogP contribution in [0.3, 0.4) is 0 Å². The highest BCUT2D eigenvalue weighted by Gasteiger charge is 2.37. The number of benzene rings is 1. The fraction of sp³-hybridized carbons (Fsp3) is 0.739. The first kappa shape index (κ1) is 19.5. The molecule has 24 heavy (non-hydrogen) atoms. The molecule has 0 saturated heterocycles. The van der Waals surface area contributed by atoms with Crippen LogP contribution in [0.1, 0.15) is 91.8 Å². The quantitative estimate of drug-likeness (QED) is 0.619. The lowest BCUT2D eigenvalue weighted by atomic mass is 9.63. The zero-order valence-electron chi connectivity index (χ0n) is 17.5. The molecule has 1 heteroatoms. The second-order valence-electron chi connectivity index (χ2n) is 10.5. The molecule has 0 spiro atoms. The summed E-state index contributed by atoms with van der Waals surface area (Å²) in [7, 11) is 0. The number of ether oxygens (including phenoxy) is 1. The van der Waals surface area contributed by atoms with Gasteiger partial charge in [0.25, 0.3) is 0 Å². The second kappa shape index (κ2) is 6.16. The van der Waals surface area contributed by atoms with E-state index in [0.717, 1.165) is 13.0 Å². The summed E-state index contributed by atoms with van der Waals surface area (Å²) >= 11 is 0. The van der Waals surface area contributed by atoms with Gasteiger partial charge in [-0.25, -0.2) is 0 Å². The van der Waals surface area contributed by atoms with Crippen LogP contribution in [0.4, 0.5) is 0 Å². The van der Waals surface area contributed by atoms with Crippen LogP contribution in [0, 0.1) is 5.41 Å². The Morgan fingerprint density at radius 3 is 1.96 bits per heavy atom. The van der Waals surface area contributed by atoms with Crippen molar-refractivity contribution in [2.24, 2.45) is 5.41 Å². The first-order chi connectivity index (χ1) is 10.8. The number of rotatable bonds is 4. The predicted octanol–water partition coefficient (Wildman–Crippen LogP) is 6.42. The SMILES string of the molecule is CC1(C)CCC(C)(C)c2cc(CCOC(C)(C)C(C)(C)C)ccc21. The van der Waals surface area contributed by atoms with Crippen molar-refractivity contribution in [1.29, 1.82) is 0 Å². The third kappa shape index (κ3) is 3.87. The van der Waals surface area contributed by atoms with E-state index in [4.69, 9.17) is 4.74 Å². The Morgan fingerprint density at radius 2 is 1.42 bits per heavy atom. The summed E-state index contributed by atoms with van der Waals surface area (Å²) in [5, 5.41) is 0. The normalized spacial score (nSPS) is 19.9. The first-order valence-electron chi connectivity index (χ1n) is 9.54. The monoisotopic (exact) mass is 330 g/mol. The van der Waals surface area contributed by atoms with Crippen molar-refractivity contribution in [3.63, 3.8) is 0 Å². The number of fused-ring (bicyclic) bond motifs is 1. The highest BCUT2D eigenvalue weighted by Crippen LogP contribution is 2.46. The Balaban J connectivity index is 2.15. The molecule has 0 heterocycles. The van der Waals surface area contributed by atoms with Crippen LogP contribution < -0.4 is 0 Å². The van der Waals surface area contributed by atoms with Crippen molar-refractivity contribution in [1.82, 2.24) is 0 Å². The van der Waals surface area contributed by atoms with Gasteiger partial charge in [-0.3, -0.25) is 0 Å². The molecular formula is C23H38O. The standard InChI is InChI=1S/C23H38O/c1-20(2,3)23(8,9)24-15-12-17-10-11-18-19(16-17)22(6,7)14-13-21(18,4)5/h10-11,16H,12-15H2,1-9H3. The fourth-order valence-corrected chi connectivity index (χ4v) is 3.43. The van der Waals surface area contributed by atoms with Crippen LogP contribution in [0.5, 0.6) is 0 Å². The van der Waals surface area contributed by atoms with Crippen molar-refractivity contribution < 1.29 is 4.74 Å². The minimum Gasteiger partial charge on any atom is -0.375 e. The Morgan fingerprint density at radius 1 is 0.875 bits per heavy atom. The van der Waals surface area contributed by atoms with Crippen LogP contribution in [-0.4, -0.2) is 12.2 Å². The molecule has 0 aromatic heterocycles. The van der Waals surface area contributed by atoms with Crippen LogP contribution in [-0.2, 0) is 22.0 Å². The molecule has 0 radical (unpaired) electrons. The average molecular weight is 331 g/mol. The molecule has 0 N–H and O–H groups in total. The maximum absolute atomic E-state index is 6.23. The Bertz CT molecular complexity index is 585. The molecule has 1 nitrogen and oxygen atoms in total. The Kier molecular flexibility index (Phi) is 5.01. The van der Waals surface area contributed by atoms with Gasteiger partial charge < -0.3 is 4.74 Å². The minimum atomic E-state index is -0.109. The zero-order valence-corrected chi connectivity index (χ0v) is 17.5. The molecule has 0 amide bonds. The number of hydrogen-bond acceptors (Lipinski definition) is 1. The molecule has 0 saturated carbocycles. The largest absolute Gasteiger partial charge is 0.375 e. The molecular weight excluding hydrogens is 292 g/mol. The Hall–Kier alpha value is -0.820. The maximum Gasteiger partial charge on any atom is 0.0674 e. The van der Waals surface area contributed by atoms with Gasteiger partial charge in [-0.05, 0) is 66.0 Å². The van der Waals surface area contributed by atoms with E-state index in [1.165, 1.54) is 18.4 Å². The van der Waals surface area contributed by atoms with Gasteiger partial charge in [-0.2, -0.15) is 0 Å². The van der Waals surface area contributed by atoms with Crippen LogP contribution >= 0.6 is 0 Å². The van der Waals surface area contributed by atoms with Crippen LogP contribution in [0.2, 0.25) is 0 Å². The average Bonchev–Trinajstić information content (AvgIpc) is 2.43. The third-order valence-corrected chi connectivity index (χ3v) is 6.58. The topological polar surface area (TPSA) is 9.23 Å². The number of hydrogen-bond donors (Lipinski definition) is 0. The smallest absolute Gasteiger partial charge is 0.0674 e. The van der Waals surface area contributed by atoms with Crippen molar-refractivity contribution >= 4 is 0 Å². The van der Waals surface area contributed by atoms with E-state index in [2.05, 4.69) is 80.5 Å². The van der Waals surface area contributed by atoms with Gasteiger partial charge in [0.2, 0.25) is 0 Å². The van der Waals surface area contributed by atoms with Gasteiger partial charge in [0.15, 0.2) is 0 Å². The van der Waals surface area contributed by atoms with E-state index < -0.39 is 0 Å². The lowest BCUT2D eigenvalue weighted by Gasteiger charge is -2.42. The van der Waals surface area contributed by atoms with Gasteiger partial charge >= 0.3 is 0 Å². The van der Waals surface area contributed by atoms with Gasteiger partial charge in [0.05, 0.1) is 12.2 Å². The summed E-state index contributed by atoms with van der Waals surface area (Å²) in [4.78, 5) is 0. The highest BCUT2D eigenvalue weighted by atomic mass is 16.5. The van der Waals surface area contributed by atoms with Crippen LogP contribution in [0.25, 0.3) is 0 Å². The lowest BCUT2D eigenvalue weighted by Crippen LogP contribution is -2.40. The fourth-order valence-electron chi connectivity index (χ4n) is 3.43. The van der Waals surface area contributed by atoms with Gasteiger partial charge in [0.1, 0.15) is 0 Å². The summed E-state index contributed by atoms with van der Waals surface area (Å²) in [5.41, 5.74) is 5.12. The van der Waals surface area contributed by atoms with E-state index in [1.807, 2.05) is 0 Å². The molecule has 0 fully saturated rings. The third-order valence-electron chi connectivity index (χ3n) is 6.58. The molecule has 0 unspecified atom stereocenters. The summed E-state index contributed by atoms with van der Waals surface area (Å²) in [6, 6.07) is 7.14. The van der Waals surface area contributed by atoms with Crippen molar-refractivity contribution in [2.45, 2.75) is 98.0 Å². The summed E-state index contributed by atoms with van der Waals surface area (Å²) < 4.78 is 6.23. The molecule has 1 aliphatic rings. The predicted molar refractivity (Wildman–Crippen MR) is 105 cm³/mol. The molecule has 1 aliphatic carbocycles. The van der Waals surface area contributed by atoms with E-state index in [1.54, 1.807) is 11.1 Å². The van der Waals surface area contributed by atoms with Crippen LogP contribution in [0.15, 0.2) is 18.2 Å². The Labute approximate surface area is 150 Å². The molecule has 2 rings (SSSR count). The summed E-state index contributed by atoms with van der Waals surface area (Å²) in [5.74, 6) is 0. The van der Waals surface area contributed by atoms with Gasteiger partial charge in [-0.15, -0.1) is 0 Å². The zero-order chi connectivity index (χ0) is 18.4. The van der Waals surface area contributed by atoms with Gasteiger partial charge in [-0.1, -0.05) is 66.7 Å². The second-order valence-corrected chi connectivity index (χ2v) is 10.5. The van der Waals surface area contributed by atoms with Crippen molar-refractivity contribution in [3.05, 3.63) is 34.9 Å². The molecule has 136 valence electrons. The molecule has 0 bridgehead atoms. The maximum atomic E-state index is 6.23. The lowest BCUT2D eigenvalue weighted by molar-refractivity contribution is -0.0890. The van der Waals surface area contributed by atoms with Crippen molar-refractivity contribution in [2.75, 3.05) is 6.61 Å². The minimum absolute atomic E-state index is 0.109. The molecule has 0 aliphatic heterocycles. The molecule has 1 aromatic rings. The summed E-state index contributed by atoms with van der Waals surface area (Å²) in [6.07, 6.45) is 3.53. The van der Waals surface area contributed by atoms with E-state index >= 15 is 0 Å². The first-order valence-corrected chi connectivity index (χ1v) is 9.54. The summed E-state index contributed by atoms with van der Waals surface area (Å²) in [6.45, 7) is 21.5. The van der Waals surface area contributed by atoms with E-state index in [-0.39, 0.29) is 16.4 Å². The van der Waals surface area contributed by atoms with E-state index in [0.29, 0.717) is 5.41 Å². The van der Waals surface area contributed by atoms with E-state index in [9.17, 15) is 0 Å². The molecule has 1 aromatic carbocycles. The highest BCUT2D eigenvalue weighted by molar-refractivity contribution is 5.43. The van der Waals surface area contributed by atoms with Crippen molar-refractivity contribution in [3.8, 4) is 0 Å².